The summed E-state index contributed by atoms with van der Waals surface area (Å²) in [6, 6.07) is 3.46. The minimum absolute atomic E-state index is 0.0341. The number of likely N-dealkylation sites (tertiary alicyclic amines) is 1. The van der Waals surface area contributed by atoms with E-state index in [0.717, 1.165) is 38.8 Å². The first-order valence-electron chi connectivity index (χ1n) is 8.44. The van der Waals surface area contributed by atoms with Crippen LogP contribution in [0.4, 0.5) is 0 Å². The number of rotatable bonds is 4. The molecule has 2 amide bonds. The highest BCUT2D eigenvalue weighted by molar-refractivity contribution is 5.94. The second-order valence-electron chi connectivity index (χ2n) is 6.39. The SMILES string of the molecule is O=C(NCC1CCCN(C(=O)c2ccncc2)C1)C1CCCN1. The topological polar surface area (TPSA) is 74.3 Å². The molecule has 0 saturated carbocycles. The highest BCUT2D eigenvalue weighted by Crippen LogP contribution is 2.18. The van der Waals surface area contributed by atoms with E-state index in [1.54, 1.807) is 24.5 Å². The zero-order valence-electron chi connectivity index (χ0n) is 13.3. The summed E-state index contributed by atoms with van der Waals surface area (Å²) in [5.74, 6) is 0.487. The predicted molar refractivity (Wildman–Crippen MR) is 86.9 cm³/mol. The van der Waals surface area contributed by atoms with Gasteiger partial charge in [0, 0.05) is 37.6 Å². The van der Waals surface area contributed by atoms with E-state index in [2.05, 4.69) is 15.6 Å². The number of hydrogen-bond acceptors (Lipinski definition) is 4. The van der Waals surface area contributed by atoms with Crippen LogP contribution < -0.4 is 10.6 Å². The molecule has 6 nitrogen and oxygen atoms in total. The Hall–Kier alpha value is -1.95. The van der Waals surface area contributed by atoms with Crippen molar-refractivity contribution in [2.24, 2.45) is 5.92 Å². The van der Waals surface area contributed by atoms with Gasteiger partial charge in [0.15, 0.2) is 0 Å². The van der Waals surface area contributed by atoms with E-state index >= 15 is 0 Å². The zero-order chi connectivity index (χ0) is 16.1. The van der Waals surface area contributed by atoms with Crippen LogP contribution in [-0.2, 0) is 4.79 Å². The van der Waals surface area contributed by atoms with E-state index in [9.17, 15) is 9.59 Å². The molecule has 6 heteroatoms. The van der Waals surface area contributed by atoms with Crippen molar-refractivity contribution in [1.29, 1.82) is 0 Å². The lowest BCUT2D eigenvalue weighted by atomic mass is 9.97. The second-order valence-corrected chi connectivity index (χ2v) is 6.39. The molecular weight excluding hydrogens is 292 g/mol. The highest BCUT2D eigenvalue weighted by Gasteiger charge is 2.26. The maximum absolute atomic E-state index is 12.5. The first kappa shape index (κ1) is 15.9. The summed E-state index contributed by atoms with van der Waals surface area (Å²) in [4.78, 5) is 30.4. The number of nitrogens with zero attached hydrogens (tertiary/aromatic N) is 2. The lowest BCUT2D eigenvalue weighted by molar-refractivity contribution is -0.123. The molecule has 23 heavy (non-hydrogen) atoms. The molecule has 2 aliphatic heterocycles. The summed E-state index contributed by atoms with van der Waals surface area (Å²) < 4.78 is 0. The lowest BCUT2D eigenvalue weighted by Gasteiger charge is -2.33. The minimum atomic E-state index is -0.0341. The molecule has 2 atom stereocenters. The Morgan fingerprint density at radius 2 is 2.09 bits per heavy atom. The number of aromatic nitrogens is 1. The van der Waals surface area contributed by atoms with Gasteiger partial charge in [-0.2, -0.15) is 0 Å². The van der Waals surface area contributed by atoms with Gasteiger partial charge >= 0.3 is 0 Å². The average molecular weight is 316 g/mol. The molecule has 0 aliphatic carbocycles. The van der Waals surface area contributed by atoms with Crippen molar-refractivity contribution < 1.29 is 9.59 Å². The number of carbonyl (C=O) groups is 2. The van der Waals surface area contributed by atoms with Gasteiger partial charge in [0.25, 0.3) is 5.91 Å². The predicted octanol–water partition coefficient (Wildman–Crippen LogP) is 0.802. The summed E-state index contributed by atoms with van der Waals surface area (Å²) in [7, 11) is 0. The van der Waals surface area contributed by atoms with E-state index in [-0.39, 0.29) is 17.9 Å². The molecule has 1 aromatic heterocycles. The van der Waals surface area contributed by atoms with Crippen LogP contribution in [0.3, 0.4) is 0 Å². The fourth-order valence-electron chi connectivity index (χ4n) is 3.37. The normalized spacial score (nSPS) is 24.4. The quantitative estimate of drug-likeness (QED) is 0.862. The number of hydrogen-bond donors (Lipinski definition) is 2. The molecule has 2 fully saturated rings. The van der Waals surface area contributed by atoms with Crippen molar-refractivity contribution in [3.63, 3.8) is 0 Å². The van der Waals surface area contributed by atoms with Crippen molar-refractivity contribution in [3.05, 3.63) is 30.1 Å². The van der Waals surface area contributed by atoms with E-state index < -0.39 is 0 Å². The number of piperidine rings is 1. The molecule has 1 aromatic rings. The van der Waals surface area contributed by atoms with Crippen molar-refractivity contribution in [2.75, 3.05) is 26.2 Å². The second kappa shape index (κ2) is 7.55. The molecule has 124 valence electrons. The van der Waals surface area contributed by atoms with E-state index in [4.69, 9.17) is 0 Å². The summed E-state index contributed by atoms with van der Waals surface area (Å²) in [5.41, 5.74) is 0.680. The van der Waals surface area contributed by atoms with Crippen LogP contribution in [0.1, 0.15) is 36.0 Å². The number of pyridine rings is 1. The minimum Gasteiger partial charge on any atom is -0.354 e. The first-order chi connectivity index (χ1) is 11.2. The third kappa shape index (κ3) is 4.07. The lowest BCUT2D eigenvalue weighted by Crippen LogP contribution is -2.46. The molecule has 2 aliphatic rings. The van der Waals surface area contributed by atoms with Gasteiger partial charge in [-0.15, -0.1) is 0 Å². The van der Waals surface area contributed by atoms with Crippen LogP contribution in [0.15, 0.2) is 24.5 Å². The van der Waals surface area contributed by atoms with Crippen molar-refractivity contribution >= 4 is 11.8 Å². The van der Waals surface area contributed by atoms with Gasteiger partial charge < -0.3 is 15.5 Å². The summed E-state index contributed by atoms with van der Waals surface area (Å²) in [6.07, 6.45) is 7.31. The van der Waals surface area contributed by atoms with Crippen LogP contribution in [0, 0.1) is 5.92 Å². The molecular formula is C17H24N4O2. The molecule has 0 bridgehead atoms. The Kier molecular flexibility index (Phi) is 5.23. The standard InChI is InChI=1S/C17H24N4O2/c22-16(15-4-1-7-19-15)20-11-13-3-2-10-21(12-13)17(23)14-5-8-18-9-6-14/h5-6,8-9,13,15,19H,1-4,7,10-12H2,(H,20,22). The Balaban J connectivity index is 1.50. The number of nitrogens with one attached hydrogen (secondary N) is 2. The van der Waals surface area contributed by atoms with Gasteiger partial charge in [0.1, 0.15) is 0 Å². The van der Waals surface area contributed by atoms with Crippen LogP contribution >= 0.6 is 0 Å². The van der Waals surface area contributed by atoms with Gasteiger partial charge in [-0.3, -0.25) is 14.6 Å². The first-order valence-corrected chi connectivity index (χ1v) is 8.44. The molecule has 0 radical (unpaired) electrons. The molecule has 0 spiro atoms. The summed E-state index contributed by atoms with van der Waals surface area (Å²) in [6.45, 7) is 3.07. The van der Waals surface area contributed by atoms with Gasteiger partial charge in [-0.05, 0) is 50.3 Å². The Bertz CT molecular complexity index is 543. The van der Waals surface area contributed by atoms with Crippen LogP contribution in [0.5, 0.6) is 0 Å². The Labute approximate surface area is 136 Å². The fourth-order valence-corrected chi connectivity index (χ4v) is 3.37. The highest BCUT2D eigenvalue weighted by atomic mass is 16.2. The third-order valence-electron chi connectivity index (χ3n) is 4.68. The molecule has 0 aromatic carbocycles. The largest absolute Gasteiger partial charge is 0.354 e. The maximum Gasteiger partial charge on any atom is 0.253 e. The maximum atomic E-state index is 12.5. The van der Waals surface area contributed by atoms with Gasteiger partial charge in [0.2, 0.25) is 5.91 Å². The number of amides is 2. The van der Waals surface area contributed by atoms with Gasteiger partial charge in [0.05, 0.1) is 6.04 Å². The molecule has 2 N–H and O–H groups in total. The Morgan fingerprint density at radius 3 is 2.83 bits per heavy atom. The van der Waals surface area contributed by atoms with Gasteiger partial charge in [-0.25, -0.2) is 0 Å². The number of carbonyl (C=O) groups excluding carboxylic acids is 2. The van der Waals surface area contributed by atoms with Crippen LogP contribution in [-0.4, -0.2) is 53.9 Å². The smallest absolute Gasteiger partial charge is 0.253 e. The monoisotopic (exact) mass is 316 g/mol. The van der Waals surface area contributed by atoms with Crippen molar-refractivity contribution in [1.82, 2.24) is 20.5 Å². The average Bonchev–Trinajstić information content (AvgIpc) is 3.15. The van der Waals surface area contributed by atoms with E-state index in [0.29, 0.717) is 24.6 Å². The summed E-state index contributed by atoms with van der Waals surface area (Å²) >= 11 is 0. The van der Waals surface area contributed by atoms with Gasteiger partial charge in [-0.1, -0.05) is 0 Å². The Morgan fingerprint density at radius 1 is 1.26 bits per heavy atom. The van der Waals surface area contributed by atoms with Crippen LogP contribution in [0.2, 0.25) is 0 Å². The molecule has 3 rings (SSSR count). The van der Waals surface area contributed by atoms with Crippen molar-refractivity contribution in [2.45, 2.75) is 31.7 Å². The molecule has 2 unspecified atom stereocenters. The molecule has 2 saturated heterocycles. The molecule has 3 heterocycles. The van der Waals surface area contributed by atoms with Crippen LogP contribution in [0.25, 0.3) is 0 Å². The van der Waals surface area contributed by atoms with E-state index in [1.807, 2.05) is 4.90 Å². The van der Waals surface area contributed by atoms with Crippen molar-refractivity contribution in [3.8, 4) is 0 Å². The zero-order valence-corrected chi connectivity index (χ0v) is 13.3. The van der Waals surface area contributed by atoms with E-state index in [1.165, 1.54) is 0 Å². The fraction of sp³-hybridized carbons (Fsp3) is 0.588. The third-order valence-corrected chi connectivity index (χ3v) is 4.68. The summed E-state index contributed by atoms with van der Waals surface area (Å²) in [5, 5.41) is 6.25.